The molecule has 0 saturated heterocycles. The highest BCUT2D eigenvalue weighted by Crippen LogP contribution is 2.28. The number of benzene rings is 1. The van der Waals surface area contributed by atoms with Crippen LogP contribution in [0.3, 0.4) is 0 Å². The van der Waals surface area contributed by atoms with Crippen LogP contribution in [0.25, 0.3) is 11.0 Å². The lowest BCUT2D eigenvalue weighted by atomic mass is 10.3. The van der Waals surface area contributed by atoms with Crippen molar-refractivity contribution in [2.24, 2.45) is 0 Å². The molecule has 0 bridgehead atoms. The standard InChI is InChI=1S/C7H3BrCl2N2/c8-3-1-2-4(9)6-5(3)11-7(10)12-6/h1-2H,(H,11,12). The van der Waals surface area contributed by atoms with Crippen LogP contribution in [-0.4, -0.2) is 9.97 Å². The van der Waals surface area contributed by atoms with Crippen LogP contribution in [-0.2, 0) is 0 Å². The number of nitrogens with zero attached hydrogens (tertiary/aromatic N) is 1. The predicted molar refractivity (Wildman–Crippen MR) is 53.8 cm³/mol. The lowest BCUT2D eigenvalue weighted by Gasteiger charge is -1.93. The van der Waals surface area contributed by atoms with Crippen molar-refractivity contribution in [3.05, 3.63) is 26.9 Å². The van der Waals surface area contributed by atoms with E-state index in [-0.39, 0.29) is 0 Å². The average Bonchev–Trinajstić information content (AvgIpc) is 2.41. The van der Waals surface area contributed by atoms with E-state index in [1.54, 1.807) is 6.07 Å². The highest BCUT2D eigenvalue weighted by molar-refractivity contribution is 9.10. The summed E-state index contributed by atoms with van der Waals surface area (Å²) in [6, 6.07) is 3.62. The molecule has 0 unspecified atom stereocenters. The maximum atomic E-state index is 5.88. The molecule has 0 saturated carbocycles. The van der Waals surface area contributed by atoms with Crippen molar-refractivity contribution in [3.63, 3.8) is 0 Å². The zero-order valence-electron chi connectivity index (χ0n) is 5.74. The number of aromatic nitrogens is 2. The minimum atomic E-state index is 0.346. The molecule has 0 aliphatic rings. The molecule has 0 atom stereocenters. The van der Waals surface area contributed by atoms with Gasteiger partial charge < -0.3 is 4.98 Å². The third kappa shape index (κ3) is 1.22. The Labute approximate surface area is 87.0 Å². The van der Waals surface area contributed by atoms with E-state index in [1.807, 2.05) is 6.07 Å². The molecule has 0 radical (unpaired) electrons. The molecule has 0 aliphatic heterocycles. The van der Waals surface area contributed by atoms with Gasteiger partial charge in [-0.05, 0) is 39.7 Å². The molecular formula is C7H3BrCl2N2. The summed E-state index contributed by atoms with van der Waals surface area (Å²) in [6.45, 7) is 0. The van der Waals surface area contributed by atoms with Gasteiger partial charge in [-0.1, -0.05) is 11.6 Å². The Morgan fingerprint density at radius 2 is 2.08 bits per heavy atom. The molecule has 12 heavy (non-hydrogen) atoms. The normalized spacial score (nSPS) is 10.9. The molecule has 62 valence electrons. The zero-order chi connectivity index (χ0) is 8.72. The number of imidazole rings is 1. The molecule has 0 spiro atoms. The summed E-state index contributed by atoms with van der Waals surface area (Å²) < 4.78 is 0.904. The van der Waals surface area contributed by atoms with Crippen molar-refractivity contribution in [2.75, 3.05) is 0 Å². The number of nitrogens with one attached hydrogen (secondary N) is 1. The quantitative estimate of drug-likeness (QED) is 0.774. The first kappa shape index (κ1) is 8.35. The summed E-state index contributed by atoms with van der Waals surface area (Å²) in [5.41, 5.74) is 1.52. The number of hydrogen-bond acceptors (Lipinski definition) is 1. The summed E-state index contributed by atoms with van der Waals surface area (Å²) in [7, 11) is 0. The fraction of sp³-hybridized carbons (Fsp3) is 0. The van der Waals surface area contributed by atoms with Gasteiger partial charge in [0.25, 0.3) is 0 Å². The predicted octanol–water partition coefficient (Wildman–Crippen LogP) is 3.63. The first-order chi connectivity index (χ1) is 5.68. The Hall–Kier alpha value is -0.250. The maximum absolute atomic E-state index is 5.88. The van der Waals surface area contributed by atoms with Gasteiger partial charge in [0.05, 0.1) is 10.5 Å². The fourth-order valence-electron chi connectivity index (χ4n) is 0.999. The van der Waals surface area contributed by atoms with Crippen LogP contribution in [0.15, 0.2) is 16.6 Å². The highest BCUT2D eigenvalue weighted by Gasteiger charge is 2.07. The van der Waals surface area contributed by atoms with Gasteiger partial charge in [-0.2, -0.15) is 0 Å². The molecule has 5 heteroatoms. The van der Waals surface area contributed by atoms with Crippen LogP contribution >= 0.6 is 39.1 Å². The number of H-pyrrole nitrogens is 1. The number of fused-ring (bicyclic) bond motifs is 1. The SMILES string of the molecule is Clc1nc2c(Cl)ccc(Br)c2[nH]1. The van der Waals surface area contributed by atoms with Gasteiger partial charge in [-0.25, -0.2) is 4.98 Å². The Morgan fingerprint density at radius 1 is 1.33 bits per heavy atom. The second-order valence-electron chi connectivity index (χ2n) is 2.28. The van der Waals surface area contributed by atoms with Crippen LogP contribution in [0.4, 0.5) is 0 Å². The first-order valence-corrected chi connectivity index (χ1v) is 4.72. The van der Waals surface area contributed by atoms with Gasteiger partial charge in [-0.3, -0.25) is 0 Å². The third-order valence-electron chi connectivity index (χ3n) is 1.52. The molecule has 1 aromatic carbocycles. The monoisotopic (exact) mass is 264 g/mol. The van der Waals surface area contributed by atoms with Gasteiger partial charge in [0, 0.05) is 4.47 Å². The van der Waals surface area contributed by atoms with E-state index in [9.17, 15) is 0 Å². The zero-order valence-corrected chi connectivity index (χ0v) is 8.83. The molecule has 0 amide bonds. The average molecular weight is 266 g/mol. The Kier molecular flexibility index (Phi) is 2.02. The summed E-state index contributed by atoms with van der Waals surface area (Å²) >= 11 is 14.9. The van der Waals surface area contributed by atoms with Crippen LogP contribution < -0.4 is 0 Å². The van der Waals surface area contributed by atoms with Gasteiger partial charge >= 0.3 is 0 Å². The smallest absolute Gasteiger partial charge is 0.201 e. The summed E-state index contributed by atoms with van der Waals surface area (Å²) in [5, 5.41) is 0.940. The first-order valence-electron chi connectivity index (χ1n) is 3.17. The summed E-state index contributed by atoms with van der Waals surface area (Å²) in [6.07, 6.45) is 0. The number of halogens is 3. The van der Waals surface area contributed by atoms with E-state index < -0.39 is 0 Å². The van der Waals surface area contributed by atoms with Crippen molar-refractivity contribution in [3.8, 4) is 0 Å². The van der Waals surface area contributed by atoms with Crippen molar-refractivity contribution < 1.29 is 0 Å². The maximum Gasteiger partial charge on any atom is 0.201 e. The minimum absolute atomic E-state index is 0.346. The highest BCUT2D eigenvalue weighted by atomic mass is 79.9. The number of rotatable bonds is 0. The van der Waals surface area contributed by atoms with E-state index in [0.29, 0.717) is 15.8 Å². The third-order valence-corrected chi connectivity index (χ3v) is 2.66. The second-order valence-corrected chi connectivity index (χ2v) is 3.90. The summed E-state index contributed by atoms with van der Waals surface area (Å²) in [5.74, 6) is 0. The van der Waals surface area contributed by atoms with Crippen molar-refractivity contribution >= 4 is 50.2 Å². The lowest BCUT2D eigenvalue weighted by Crippen LogP contribution is -1.72. The molecule has 0 fully saturated rings. The molecular weight excluding hydrogens is 263 g/mol. The van der Waals surface area contributed by atoms with E-state index >= 15 is 0 Å². The van der Waals surface area contributed by atoms with Crippen LogP contribution in [0.2, 0.25) is 10.3 Å². The molecule has 2 rings (SSSR count). The Bertz CT molecular complexity index is 399. The van der Waals surface area contributed by atoms with E-state index in [1.165, 1.54) is 0 Å². The topological polar surface area (TPSA) is 28.7 Å². The van der Waals surface area contributed by atoms with Gasteiger partial charge in [-0.15, -0.1) is 0 Å². The fourth-order valence-corrected chi connectivity index (χ4v) is 1.80. The molecule has 1 aromatic heterocycles. The molecule has 1 heterocycles. The van der Waals surface area contributed by atoms with E-state index in [4.69, 9.17) is 23.2 Å². The molecule has 1 N–H and O–H groups in total. The van der Waals surface area contributed by atoms with E-state index in [2.05, 4.69) is 25.9 Å². The van der Waals surface area contributed by atoms with Gasteiger partial charge in [0.1, 0.15) is 5.52 Å². The Balaban J connectivity index is 2.93. The van der Waals surface area contributed by atoms with Crippen molar-refractivity contribution in [2.45, 2.75) is 0 Å². The number of hydrogen-bond donors (Lipinski definition) is 1. The lowest BCUT2D eigenvalue weighted by molar-refractivity contribution is 1.34. The van der Waals surface area contributed by atoms with Crippen LogP contribution in [0, 0.1) is 0 Å². The van der Waals surface area contributed by atoms with Crippen molar-refractivity contribution in [1.82, 2.24) is 9.97 Å². The number of aromatic amines is 1. The second kappa shape index (κ2) is 2.91. The molecule has 0 aliphatic carbocycles. The van der Waals surface area contributed by atoms with Gasteiger partial charge in [0.2, 0.25) is 5.28 Å². The van der Waals surface area contributed by atoms with Crippen LogP contribution in [0.5, 0.6) is 0 Å². The molecule has 2 nitrogen and oxygen atoms in total. The van der Waals surface area contributed by atoms with Crippen LogP contribution in [0.1, 0.15) is 0 Å². The largest absolute Gasteiger partial charge is 0.328 e. The summed E-state index contributed by atoms with van der Waals surface area (Å²) in [4.78, 5) is 6.91. The van der Waals surface area contributed by atoms with E-state index in [0.717, 1.165) is 9.99 Å². The van der Waals surface area contributed by atoms with Gasteiger partial charge in [0.15, 0.2) is 0 Å². The van der Waals surface area contributed by atoms with Crippen molar-refractivity contribution in [1.29, 1.82) is 0 Å². The minimum Gasteiger partial charge on any atom is -0.328 e. The molecule has 2 aromatic rings. The Morgan fingerprint density at radius 3 is 2.75 bits per heavy atom.